The summed E-state index contributed by atoms with van der Waals surface area (Å²) in [5.74, 6) is 0.00128. The lowest BCUT2D eigenvalue weighted by Gasteiger charge is -2.30. The first-order chi connectivity index (χ1) is 9.20. The maximum absolute atomic E-state index is 12.3. The van der Waals surface area contributed by atoms with E-state index < -0.39 is 20.0 Å². The average molecular weight is 323 g/mol. The number of nitrogens with zero attached hydrogens (tertiary/aromatic N) is 2. The van der Waals surface area contributed by atoms with Crippen LogP contribution in [0.1, 0.15) is 12.8 Å². The van der Waals surface area contributed by atoms with Crippen molar-refractivity contribution in [1.29, 1.82) is 0 Å². The number of hydrogen-bond acceptors (Lipinski definition) is 6. The van der Waals surface area contributed by atoms with Gasteiger partial charge in [0.1, 0.15) is 10.7 Å². The number of anilines is 1. The first kappa shape index (κ1) is 15.2. The van der Waals surface area contributed by atoms with Gasteiger partial charge in [0.05, 0.1) is 12.5 Å². The Morgan fingerprint density at radius 1 is 1.35 bits per heavy atom. The van der Waals surface area contributed by atoms with Gasteiger partial charge >= 0.3 is 0 Å². The first-order valence-electron chi connectivity index (χ1n) is 5.96. The highest BCUT2D eigenvalue weighted by Gasteiger charge is 2.32. The topological polar surface area (TPSA) is 138 Å². The molecule has 0 bridgehead atoms. The standard InChI is InChI=1S/C9H17N5O4S2/c1-19(15,16)13-7-2-4-14(5-3-7)20(17,18)8-6-11-12-9(8)10/h6-7,13H,2-5H2,1H3,(H3,10,11,12). The number of nitrogens with two attached hydrogens (primary N) is 1. The van der Waals surface area contributed by atoms with Crippen molar-refractivity contribution in [3.8, 4) is 0 Å². The SMILES string of the molecule is CS(=O)(=O)NC1CCN(S(=O)(=O)c2cn[nH]c2N)CC1. The molecule has 1 aromatic heterocycles. The monoisotopic (exact) mass is 323 g/mol. The van der Waals surface area contributed by atoms with E-state index in [1.165, 1.54) is 10.5 Å². The fourth-order valence-corrected chi connectivity index (χ4v) is 4.47. The Bertz CT molecular complexity index is 673. The van der Waals surface area contributed by atoms with Gasteiger partial charge in [0.2, 0.25) is 20.0 Å². The van der Waals surface area contributed by atoms with Gasteiger partial charge in [-0.25, -0.2) is 21.6 Å². The van der Waals surface area contributed by atoms with E-state index in [0.29, 0.717) is 12.8 Å². The van der Waals surface area contributed by atoms with Gasteiger partial charge in [-0.3, -0.25) is 5.10 Å². The van der Waals surface area contributed by atoms with Crippen molar-refractivity contribution in [1.82, 2.24) is 19.2 Å². The Labute approximate surface area is 117 Å². The quantitative estimate of drug-likeness (QED) is 0.629. The Balaban J connectivity index is 2.06. The number of sulfonamides is 2. The molecule has 0 amide bonds. The normalized spacial score (nSPS) is 19.2. The van der Waals surface area contributed by atoms with Crippen LogP contribution in [0, 0.1) is 0 Å². The Kier molecular flexibility index (Phi) is 4.04. The van der Waals surface area contributed by atoms with Gasteiger partial charge in [0, 0.05) is 19.1 Å². The van der Waals surface area contributed by atoms with Crippen molar-refractivity contribution in [2.45, 2.75) is 23.8 Å². The lowest BCUT2D eigenvalue weighted by molar-refractivity contribution is 0.309. The fraction of sp³-hybridized carbons (Fsp3) is 0.667. The molecule has 0 atom stereocenters. The van der Waals surface area contributed by atoms with Gasteiger partial charge in [-0.1, -0.05) is 0 Å². The number of piperidine rings is 1. The van der Waals surface area contributed by atoms with E-state index in [1.807, 2.05) is 0 Å². The van der Waals surface area contributed by atoms with E-state index in [4.69, 9.17) is 5.73 Å². The molecule has 11 heteroatoms. The molecule has 0 radical (unpaired) electrons. The molecule has 4 N–H and O–H groups in total. The van der Waals surface area contributed by atoms with E-state index in [1.54, 1.807) is 0 Å². The molecule has 1 aromatic rings. The van der Waals surface area contributed by atoms with E-state index in [2.05, 4.69) is 14.9 Å². The highest BCUT2D eigenvalue weighted by Crippen LogP contribution is 2.23. The number of aromatic nitrogens is 2. The second-order valence-electron chi connectivity index (χ2n) is 4.72. The maximum Gasteiger partial charge on any atom is 0.248 e. The summed E-state index contributed by atoms with van der Waals surface area (Å²) in [7, 11) is -6.96. The summed E-state index contributed by atoms with van der Waals surface area (Å²) < 4.78 is 50.7. The van der Waals surface area contributed by atoms with Crippen LogP contribution in [0.5, 0.6) is 0 Å². The fourth-order valence-electron chi connectivity index (χ4n) is 2.15. The molecule has 2 heterocycles. The molecule has 0 unspecified atom stereocenters. The Morgan fingerprint density at radius 2 is 1.95 bits per heavy atom. The molecule has 1 saturated heterocycles. The van der Waals surface area contributed by atoms with E-state index in [9.17, 15) is 16.8 Å². The van der Waals surface area contributed by atoms with E-state index in [0.717, 1.165) is 6.26 Å². The van der Waals surface area contributed by atoms with Crippen LogP contribution in [-0.2, 0) is 20.0 Å². The van der Waals surface area contributed by atoms with Crippen LogP contribution in [0.2, 0.25) is 0 Å². The number of nitrogen functional groups attached to an aromatic ring is 1. The zero-order chi connectivity index (χ0) is 15.0. The van der Waals surface area contributed by atoms with Crippen LogP contribution in [0.4, 0.5) is 5.82 Å². The van der Waals surface area contributed by atoms with Crippen molar-refractivity contribution < 1.29 is 16.8 Å². The molecular formula is C9H17N5O4S2. The molecule has 0 aromatic carbocycles. The Morgan fingerprint density at radius 3 is 2.40 bits per heavy atom. The van der Waals surface area contributed by atoms with Crippen molar-refractivity contribution in [3.05, 3.63) is 6.20 Å². The zero-order valence-electron chi connectivity index (χ0n) is 10.9. The number of aromatic amines is 1. The molecule has 0 saturated carbocycles. The zero-order valence-corrected chi connectivity index (χ0v) is 12.5. The van der Waals surface area contributed by atoms with Crippen LogP contribution >= 0.6 is 0 Å². The van der Waals surface area contributed by atoms with Crippen LogP contribution < -0.4 is 10.5 Å². The molecule has 0 spiro atoms. The molecule has 20 heavy (non-hydrogen) atoms. The van der Waals surface area contributed by atoms with Crippen LogP contribution in [0.3, 0.4) is 0 Å². The van der Waals surface area contributed by atoms with Crippen molar-refractivity contribution in [2.24, 2.45) is 0 Å². The second-order valence-corrected chi connectivity index (χ2v) is 8.40. The lowest BCUT2D eigenvalue weighted by atomic mass is 10.1. The van der Waals surface area contributed by atoms with E-state index >= 15 is 0 Å². The maximum atomic E-state index is 12.3. The molecule has 2 rings (SSSR count). The Hall–Kier alpha value is -1.17. The molecule has 114 valence electrons. The van der Waals surface area contributed by atoms with Gasteiger partial charge in [0.25, 0.3) is 0 Å². The predicted molar refractivity (Wildman–Crippen MR) is 72.8 cm³/mol. The van der Waals surface area contributed by atoms with Gasteiger partial charge in [-0.15, -0.1) is 0 Å². The summed E-state index contributed by atoms with van der Waals surface area (Å²) in [5.41, 5.74) is 5.53. The van der Waals surface area contributed by atoms with Crippen molar-refractivity contribution >= 4 is 25.9 Å². The van der Waals surface area contributed by atoms with E-state index in [-0.39, 0.29) is 29.8 Å². The van der Waals surface area contributed by atoms with Gasteiger partial charge in [-0.2, -0.15) is 9.40 Å². The average Bonchev–Trinajstić information content (AvgIpc) is 2.74. The third-order valence-electron chi connectivity index (χ3n) is 3.08. The highest BCUT2D eigenvalue weighted by atomic mass is 32.2. The van der Waals surface area contributed by atoms with Gasteiger partial charge in [-0.05, 0) is 12.8 Å². The smallest absolute Gasteiger partial charge is 0.248 e. The highest BCUT2D eigenvalue weighted by molar-refractivity contribution is 7.89. The van der Waals surface area contributed by atoms with Crippen LogP contribution in [0.15, 0.2) is 11.1 Å². The van der Waals surface area contributed by atoms with Gasteiger partial charge in [0.15, 0.2) is 0 Å². The number of nitrogens with one attached hydrogen (secondary N) is 2. The molecule has 9 nitrogen and oxygen atoms in total. The van der Waals surface area contributed by atoms with Gasteiger partial charge < -0.3 is 5.73 Å². The summed E-state index contributed by atoms with van der Waals surface area (Å²) in [4.78, 5) is -0.0491. The molecule has 0 aliphatic carbocycles. The largest absolute Gasteiger partial charge is 0.383 e. The van der Waals surface area contributed by atoms with Crippen LogP contribution in [0.25, 0.3) is 0 Å². The number of hydrogen-bond donors (Lipinski definition) is 3. The summed E-state index contributed by atoms with van der Waals surface area (Å²) in [5, 5.41) is 5.98. The van der Waals surface area contributed by atoms with Crippen molar-refractivity contribution in [2.75, 3.05) is 25.1 Å². The molecule has 1 fully saturated rings. The summed E-state index contributed by atoms with van der Waals surface area (Å²) >= 11 is 0. The molecule has 1 aliphatic heterocycles. The van der Waals surface area contributed by atoms with Crippen LogP contribution in [-0.4, -0.2) is 56.7 Å². The molecular weight excluding hydrogens is 306 g/mol. The van der Waals surface area contributed by atoms with Crippen molar-refractivity contribution in [3.63, 3.8) is 0 Å². The third-order valence-corrected chi connectivity index (χ3v) is 5.77. The number of rotatable bonds is 4. The third kappa shape index (κ3) is 3.29. The summed E-state index contributed by atoms with van der Waals surface area (Å²) in [6.45, 7) is 0.473. The minimum atomic E-state index is -3.68. The minimum Gasteiger partial charge on any atom is -0.383 e. The number of H-pyrrole nitrogens is 1. The lowest BCUT2D eigenvalue weighted by Crippen LogP contribution is -2.46. The minimum absolute atomic E-state index is 0.00128. The summed E-state index contributed by atoms with van der Waals surface area (Å²) in [6.07, 6.45) is 3.10. The predicted octanol–water partition coefficient (Wildman–Crippen LogP) is -1.31. The first-order valence-corrected chi connectivity index (χ1v) is 9.29. The molecule has 1 aliphatic rings. The summed E-state index contributed by atoms with van der Waals surface area (Å²) in [6, 6.07) is -0.238. The second kappa shape index (κ2) is 5.31.